The summed E-state index contributed by atoms with van der Waals surface area (Å²) in [5.41, 5.74) is 6.50. The largest absolute Gasteiger partial charge is 1.00 e. The molecule has 2 aromatic heterocycles. The van der Waals surface area contributed by atoms with E-state index in [0.717, 1.165) is 17.2 Å². The fourth-order valence-electron chi connectivity index (χ4n) is 5.28. The third-order valence-electron chi connectivity index (χ3n) is 7.06. The number of phosphoric acid groups is 3. The van der Waals surface area contributed by atoms with Crippen molar-refractivity contribution in [3.8, 4) is 0 Å². The first-order chi connectivity index (χ1) is 21.9. The van der Waals surface area contributed by atoms with Crippen LogP contribution in [0, 0.1) is 0 Å². The van der Waals surface area contributed by atoms with Crippen molar-refractivity contribution < 1.29 is 258 Å². The van der Waals surface area contributed by atoms with Crippen LogP contribution in [0.15, 0.2) is 43.0 Å². The van der Waals surface area contributed by atoms with Crippen molar-refractivity contribution in [3.05, 3.63) is 48.5 Å². The van der Waals surface area contributed by atoms with Gasteiger partial charge >= 0.3 is 177 Å². The summed E-state index contributed by atoms with van der Waals surface area (Å²) in [6.07, 6.45) is -16.0. The molecule has 0 spiro atoms. The Morgan fingerprint density at radius 2 is 1.30 bits per heavy atom. The number of hydrogen-bond acceptors (Lipinski definition) is 21. The Bertz CT molecular complexity index is 1710. The number of hydrogen-bond donors (Lipinski definition) is 3. The van der Waals surface area contributed by atoms with E-state index in [1.54, 1.807) is 30.3 Å². The Hall–Kier alpha value is 3.70. The summed E-state index contributed by atoms with van der Waals surface area (Å²) >= 11 is 0. The summed E-state index contributed by atoms with van der Waals surface area (Å²) in [5, 5.41) is 20.9. The molecule has 0 amide bonds. The minimum Gasteiger partial charge on any atom is -0.790 e. The normalized spacial score (nSPS) is 27.1. The molecule has 9 atom stereocenters. The molecule has 1 aromatic carbocycles. The first-order valence-corrected chi connectivity index (χ1v) is 17.7. The average molecular weight is 861 g/mol. The summed E-state index contributed by atoms with van der Waals surface area (Å²) in [6.45, 7) is -1.21. The molecular weight excluding hydrogens is 837 g/mol. The summed E-state index contributed by atoms with van der Waals surface area (Å²) in [5.74, 6) is -0.0671. The quantitative estimate of drug-likeness (QED) is 0.112. The molecule has 31 heteroatoms. The number of aliphatic hydroxyl groups is 2. The third kappa shape index (κ3) is 16.2. The van der Waals surface area contributed by atoms with Gasteiger partial charge in [0.25, 0.3) is 0 Å². The van der Waals surface area contributed by atoms with Crippen molar-refractivity contribution in [2.24, 2.45) is 0 Å². The summed E-state index contributed by atoms with van der Waals surface area (Å²) < 4.78 is 66.8. The topological polar surface area (TPSA) is 355 Å². The number of benzene rings is 1. The predicted molar refractivity (Wildman–Crippen MR) is 138 cm³/mol. The fourth-order valence-corrected chi connectivity index (χ4v) is 6.90. The number of anilines is 1. The van der Waals surface area contributed by atoms with Crippen molar-refractivity contribution in [2.45, 2.75) is 61.7 Å². The van der Waals surface area contributed by atoms with Crippen LogP contribution < -0.4 is 212 Å². The second kappa shape index (κ2) is 25.0. The summed E-state index contributed by atoms with van der Waals surface area (Å²) in [6, 6.07) is 8.33. The Balaban J connectivity index is 0. The zero-order chi connectivity index (χ0) is 34.3. The van der Waals surface area contributed by atoms with Gasteiger partial charge in [-0.3, -0.25) is 4.57 Å². The Morgan fingerprint density at radius 3 is 1.85 bits per heavy atom. The monoisotopic (exact) mass is 861 g/mol. The van der Waals surface area contributed by atoms with Crippen LogP contribution in [0.25, 0.3) is 11.2 Å². The van der Waals surface area contributed by atoms with E-state index in [0.29, 0.717) is 5.56 Å². The molecule has 2 fully saturated rings. The van der Waals surface area contributed by atoms with E-state index in [4.69, 9.17) is 24.5 Å². The number of nitrogen functional groups attached to an aromatic ring is 1. The molecular formula is C22H24N5Na6O17P3. The van der Waals surface area contributed by atoms with Gasteiger partial charge in [-0.1, -0.05) is 30.3 Å². The first-order valence-electron chi connectivity index (χ1n) is 13.3. The second-order valence-corrected chi connectivity index (χ2v) is 13.5. The van der Waals surface area contributed by atoms with Gasteiger partial charge in [0.05, 0.1) is 42.5 Å². The Labute approximate surface area is 434 Å². The van der Waals surface area contributed by atoms with Gasteiger partial charge < -0.3 is 86.8 Å². The van der Waals surface area contributed by atoms with Crippen LogP contribution in [0.1, 0.15) is 11.8 Å². The summed E-state index contributed by atoms with van der Waals surface area (Å²) in [7, 11) is -17.9. The van der Waals surface area contributed by atoms with Crippen LogP contribution in [0.2, 0.25) is 0 Å². The zero-order valence-corrected chi connectivity index (χ0v) is 44.1. The molecule has 0 aliphatic carbocycles. The molecule has 5 rings (SSSR count). The number of aliphatic hydroxyl groups excluding tert-OH is 2. The average Bonchev–Trinajstić information content (AvgIpc) is 3.53. The molecule has 0 radical (unpaired) electrons. The molecule has 3 aromatic rings. The first kappa shape index (κ1) is 58.8. The maximum atomic E-state index is 12.0. The van der Waals surface area contributed by atoms with E-state index in [9.17, 15) is 53.3 Å². The molecule has 53 heavy (non-hydrogen) atoms. The van der Waals surface area contributed by atoms with Crippen LogP contribution in [-0.2, 0) is 47.9 Å². The smallest absolute Gasteiger partial charge is 0.790 e. The van der Waals surface area contributed by atoms with Crippen molar-refractivity contribution >= 4 is 40.4 Å². The van der Waals surface area contributed by atoms with E-state index in [2.05, 4.69) is 24.0 Å². The maximum Gasteiger partial charge on any atom is 1.00 e. The van der Waals surface area contributed by atoms with Gasteiger partial charge in [0.2, 0.25) is 0 Å². The van der Waals surface area contributed by atoms with Gasteiger partial charge in [0.1, 0.15) is 48.5 Å². The van der Waals surface area contributed by atoms with E-state index < -0.39 is 85.3 Å². The number of ether oxygens (including phenoxy) is 3. The van der Waals surface area contributed by atoms with Gasteiger partial charge in [0.15, 0.2) is 24.0 Å². The number of aromatic nitrogens is 4. The molecule has 0 bridgehead atoms. The molecule has 0 saturated carbocycles. The Kier molecular flexibility index (Phi) is 27.7. The van der Waals surface area contributed by atoms with Crippen LogP contribution in [0.3, 0.4) is 0 Å². The third-order valence-corrected chi connectivity index (χ3v) is 8.57. The van der Waals surface area contributed by atoms with Gasteiger partial charge in [0, 0.05) is 6.42 Å². The van der Waals surface area contributed by atoms with Crippen molar-refractivity contribution in [1.82, 2.24) is 19.5 Å². The number of nitrogens with two attached hydrogens (primary N) is 1. The van der Waals surface area contributed by atoms with Gasteiger partial charge in [-0.2, -0.15) is 0 Å². The van der Waals surface area contributed by atoms with E-state index in [1.165, 1.54) is 0 Å². The molecule has 4 N–H and O–H groups in total. The molecule has 4 heterocycles. The van der Waals surface area contributed by atoms with Crippen LogP contribution in [0.4, 0.5) is 5.82 Å². The fraction of sp³-hybridized carbons (Fsp3) is 0.500. The van der Waals surface area contributed by atoms with Crippen molar-refractivity contribution in [1.29, 1.82) is 0 Å². The minimum atomic E-state index is -6.07. The van der Waals surface area contributed by atoms with Crippen molar-refractivity contribution in [2.75, 3.05) is 12.3 Å². The number of nitrogens with zero attached hydrogens (tertiary/aromatic N) is 4. The standard InChI is InChI=1S/C22H30N5O17P3.6Na/c23-19-13-20(25-8-24-19)27(9-26-13)21-18(44-47(36,37)38)15(11(39-21)6-10-4-2-1-3-5-10)41-22-14(29)17(43-46(33,34)35)16(12(7-28)40-22)42-45(30,31)32;;;;;;/h1-5,8-9,11-12,14-18,21-22,28-29H,6-7H2,(H2,23,24,25)(H2,30,31,32)(H2,33,34,35)(H2,36,37,38);;;;;;/q;6*+1/p-6/t11-,12-,14-,15-,16-,17-,18-,21-,22-;;;;;;/m1....../s1. The second-order valence-electron chi connectivity index (χ2n) is 10.2. The molecule has 2 saturated heterocycles. The van der Waals surface area contributed by atoms with Crippen LogP contribution >= 0.6 is 23.5 Å². The number of imidazole rings is 1. The zero-order valence-electron chi connectivity index (χ0n) is 29.4. The number of rotatable bonds is 12. The minimum absolute atomic E-state index is 0. The predicted octanol–water partition coefficient (Wildman–Crippen LogP) is -23.3. The van der Waals surface area contributed by atoms with Crippen molar-refractivity contribution in [3.63, 3.8) is 0 Å². The van der Waals surface area contributed by atoms with Gasteiger partial charge in [-0.05, 0) is 5.56 Å². The van der Waals surface area contributed by atoms with E-state index in [-0.39, 0.29) is 201 Å². The maximum absolute atomic E-state index is 12.0. The molecule has 260 valence electrons. The molecule has 0 unspecified atom stereocenters. The SMILES string of the molecule is Nc1ncnc2c1ncn2[C@@H]1O[C@H](Cc2ccccc2)[C@@H](O[C@H]2O[C@H](CO)[C@@H](OP(=O)([O-])[O-])[C@H](OP(=O)([O-])[O-])[C@H]2O)[C@H]1OP(=O)([O-])[O-].[Na+].[Na+].[Na+].[Na+].[Na+].[Na+]. The number of fused-ring (bicyclic) bond motifs is 1. The van der Waals surface area contributed by atoms with Crippen LogP contribution in [-0.4, -0.2) is 85.4 Å². The Morgan fingerprint density at radius 1 is 0.755 bits per heavy atom. The molecule has 2 aliphatic rings. The van der Waals surface area contributed by atoms with E-state index in [1.807, 2.05) is 0 Å². The van der Waals surface area contributed by atoms with Gasteiger partial charge in [-0.25, -0.2) is 15.0 Å². The van der Waals surface area contributed by atoms with Crippen LogP contribution in [0.5, 0.6) is 0 Å². The summed E-state index contributed by atoms with van der Waals surface area (Å²) in [4.78, 5) is 81.7. The number of phosphoric ester groups is 3. The molecule has 2 aliphatic heterocycles. The van der Waals surface area contributed by atoms with Gasteiger partial charge in [-0.15, -0.1) is 0 Å². The van der Waals surface area contributed by atoms with E-state index >= 15 is 0 Å². The molecule has 22 nitrogen and oxygen atoms in total.